The van der Waals surface area contributed by atoms with Gasteiger partial charge < -0.3 is 9.84 Å². The maximum absolute atomic E-state index is 11.6. The molecule has 0 aliphatic carbocycles. The van der Waals surface area contributed by atoms with Gasteiger partial charge in [-0.3, -0.25) is 0 Å². The average Bonchev–Trinajstić information content (AvgIpc) is 2.32. The fourth-order valence-electron chi connectivity index (χ4n) is 1.48. The molecule has 1 rings (SSSR count). The van der Waals surface area contributed by atoms with Crippen LogP contribution in [0.25, 0.3) is 0 Å². The number of halogens is 1. The lowest BCUT2D eigenvalue weighted by Gasteiger charge is -2.18. The first kappa shape index (κ1) is 16.5. The molecule has 2 N–H and O–H groups in total. The summed E-state index contributed by atoms with van der Waals surface area (Å²) in [5, 5.41) is 13.9. The minimum Gasteiger partial charge on any atom is -0.507 e. The molecule has 0 aromatic heterocycles. The Bertz CT molecular complexity index is 522. The summed E-state index contributed by atoms with van der Waals surface area (Å²) in [6.07, 6.45) is -0.0715. The van der Waals surface area contributed by atoms with Crippen molar-refractivity contribution in [3.05, 3.63) is 28.2 Å². The lowest BCUT2D eigenvalue weighted by atomic mass is 10.1. The fraction of sp³-hybridized carbons (Fsp3) is 0.429. The topological polar surface area (TPSA) is 70.9 Å². The Morgan fingerprint density at radius 3 is 2.65 bits per heavy atom. The number of nitrogens with zero attached hydrogens (tertiary/aromatic N) is 1. The molecule has 0 spiro atoms. The highest BCUT2D eigenvalue weighted by Gasteiger charge is 2.16. The lowest BCUT2D eigenvalue weighted by molar-refractivity contribution is 0.0529. The van der Waals surface area contributed by atoms with Crippen molar-refractivity contribution < 1.29 is 14.6 Å². The van der Waals surface area contributed by atoms with E-state index >= 15 is 0 Å². The predicted molar refractivity (Wildman–Crippen MR) is 82.0 cm³/mol. The molecule has 6 heteroatoms. The van der Waals surface area contributed by atoms with Crippen LogP contribution in [0.1, 0.15) is 39.7 Å². The molecule has 0 saturated heterocycles. The molecule has 0 aliphatic rings. The number of ether oxygens (including phenoxy) is 1. The summed E-state index contributed by atoms with van der Waals surface area (Å²) in [4.78, 5) is 11.6. The van der Waals surface area contributed by atoms with Crippen LogP contribution in [-0.2, 0) is 4.74 Å². The molecule has 110 valence electrons. The van der Waals surface area contributed by atoms with E-state index in [1.54, 1.807) is 39.0 Å². The molecule has 0 atom stereocenters. The average molecular weight is 343 g/mol. The molecule has 20 heavy (non-hydrogen) atoms. The number of carbonyl (C=O) groups excluding carboxylic acids is 1. The van der Waals surface area contributed by atoms with E-state index in [0.29, 0.717) is 17.7 Å². The summed E-state index contributed by atoms with van der Waals surface area (Å²) in [6.45, 7) is 7.21. The summed E-state index contributed by atoms with van der Waals surface area (Å²) in [6, 6.07) is 5.04. The summed E-state index contributed by atoms with van der Waals surface area (Å²) < 4.78 is 5.92. The van der Waals surface area contributed by atoms with Crippen LogP contribution in [-0.4, -0.2) is 22.5 Å². The third-order valence-electron chi connectivity index (χ3n) is 2.29. The predicted octanol–water partition coefficient (Wildman–Crippen LogP) is 3.79. The number of hydrogen-bond donors (Lipinski definition) is 2. The molecular weight excluding hydrogens is 324 g/mol. The second-order valence-corrected chi connectivity index (χ2v) is 6.10. The van der Waals surface area contributed by atoms with Crippen molar-refractivity contribution in [1.82, 2.24) is 5.43 Å². The quantitative estimate of drug-likeness (QED) is 0.648. The SMILES string of the molecule is CC/C(=N\NC(=O)OC(C)(C)C)c1cc(Br)ccc1O. The van der Waals surface area contributed by atoms with Crippen molar-refractivity contribution in [2.24, 2.45) is 5.10 Å². The molecule has 1 aromatic carbocycles. The van der Waals surface area contributed by atoms with Gasteiger partial charge in [0.15, 0.2) is 0 Å². The Labute approximate surface area is 127 Å². The third kappa shape index (κ3) is 5.21. The molecule has 0 heterocycles. The van der Waals surface area contributed by atoms with Crippen LogP contribution in [0.4, 0.5) is 4.79 Å². The molecule has 0 fully saturated rings. The first-order valence-electron chi connectivity index (χ1n) is 6.27. The zero-order valence-electron chi connectivity index (χ0n) is 12.0. The molecular formula is C14H19BrN2O3. The van der Waals surface area contributed by atoms with Crippen molar-refractivity contribution >= 4 is 27.7 Å². The Balaban J connectivity index is 2.88. The van der Waals surface area contributed by atoms with Crippen molar-refractivity contribution in [1.29, 1.82) is 0 Å². The summed E-state index contributed by atoms with van der Waals surface area (Å²) in [5.74, 6) is 0.111. The monoisotopic (exact) mass is 342 g/mol. The molecule has 0 aliphatic heterocycles. The standard InChI is InChI=1S/C14H19BrN2O3/c1-5-11(10-8-9(15)6-7-12(10)18)16-17-13(19)20-14(2,3)4/h6-8,18H,5H2,1-4H3,(H,17,19)/b16-11+. The summed E-state index contributed by atoms with van der Waals surface area (Å²) >= 11 is 3.34. The van der Waals surface area contributed by atoms with E-state index in [1.807, 2.05) is 6.92 Å². The van der Waals surface area contributed by atoms with Gasteiger partial charge in [-0.25, -0.2) is 10.2 Å². The van der Waals surface area contributed by atoms with Crippen LogP contribution in [0, 0.1) is 0 Å². The summed E-state index contributed by atoms with van der Waals surface area (Å²) in [7, 11) is 0. The third-order valence-corrected chi connectivity index (χ3v) is 2.78. The van der Waals surface area contributed by atoms with Crippen molar-refractivity contribution in [3.63, 3.8) is 0 Å². The number of phenols is 1. The van der Waals surface area contributed by atoms with Gasteiger partial charge in [-0.1, -0.05) is 22.9 Å². The van der Waals surface area contributed by atoms with E-state index in [4.69, 9.17) is 4.74 Å². The van der Waals surface area contributed by atoms with Gasteiger partial charge in [-0.05, 0) is 45.4 Å². The van der Waals surface area contributed by atoms with E-state index in [9.17, 15) is 9.90 Å². The van der Waals surface area contributed by atoms with Crippen molar-refractivity contribution in [2.75, 3.05) is 0 Å². The maximum Gasteiger partial charge on any atom is 0.428 e. The molecule has 0 saturated carbocycles. The Kier molecular flexibility index (Phi) is 5.56. The van der Waals surface area contributed by atoms with Crippen LogP contribution in [0.2, 0.25) is 0 Å². The highest BCUT2D eigenvalue weighted by molar-refractivity contribution is 9.10. The number of nitrogens with one attached hydrogen (secondary N) is 1. The van der Waals surface area contributed by atoms with Crippen LogP contribution in [0.5, 0.6) is 5.75 Å². The van der Waals surface area contributed by atoms with Gasteiger partial charge in [0.2, 0.25) is 0 Å². The highest BCUT2D eigenvalue weighted by atomic mass is 79.9. The largest absolute Gasteiger partial charge is 0.507 e. The fourth-order valence-corrected chi connectivity index (χ4v) is 1.84. The molecule has 0 radical (unpaired) electrons. The van der Waals surface area contributed by atoms with Gasteiger partial charge in [0.05, 0.1) is 5.71 Å². The maximum atomic E-state index is 11.6. The van der Waals surface area contributed by atoms with Crippen LogP contribution >= 0.6 is 15.9 Å². The van der Waals surface area contributed by atoms with E-state index in [-0.39, 0.29) is 5.75 Å². The smallest absolute Gasteiger partial charge is 0.428 e. The zero-order valence-corrected chi connectivity index (χ0v) is 13.6. The number of hydrogen-bond acceptors (Lipinski definition) is 4. The Hall–Kier alpha value is -1.56. The van der Waals surface area contributed by atoms with Crippen LogP contribution in [0.3, 0.4) is 0 Å². The Morgan fingerprint density at radius 2 is 2.10 bits per heavy atom. The van der Waals surface area contributed by atoms with Crippen LogP contribution in [0.15, 0.2) is 27.8 Å². The molecule has 5 nitrogen and oxygen atoms in total. The van der Waals surface area contributed by atoms with Crippen LogP contribution < -0.4 is 5.43 Å². The highest BCUT2D eigenvalue weighted by Crippen LogP contribution is 2.23. The molecule has 1 amide bonds. The van der Waals surface area contributed by atoms with Gasteiger partial charge in [0.1, 0.15) is 11.4 Å². The molecule has 1 aromatic rings. The molecule has 0 bridgehead atoms. The second-order valence-electron chi connectivity index (χ2n) is 5.19. The zero-order chi connectivity index (χ0) is 15.3. The van der Waals surface area contributed by atoms with Gasteiger partial charge in [0, 0.05) is 10.0 Å². The second kappa shape index (κ2) is 6.74. The lowest BCUT2D eigenvalue weighted by Crippen LogP contribution is -2.30. The number of aromatic hydroxyl groups is 1. The van der Waals surface area contributed by atoms with E-state index in [1.165, 1.54) is 0 Å². The van der Waals surface area contributed by atoms with Crippen molar-refractivity contribution in [3.8, 4) is 5.75 Å². The van der Waals surface area contributed by atoms with E-state index in [2.05, 4.69) is 26.5 Å². The number of phenolic OH excluding ortho intramolecular Hbond substituents is 1. The van der Waals surface area contributed by atoms with Crippen molar-refractivity contribution in [2.45, 2.75) is 39.7 Å². The first-order valence-corrected chi connectivity index (χ1v) is 7.06. The van der Waals surface area contributed by atoms with E-state index < -0.39 is 11.7 Å². The first-order chi connectivity index (χ1) is 9.23. The Morgan fingerprint density at radius 1 is 1.45 bits per heavy atom. The number of rotatable bonds is 3. The number of carbonyl (C=O) groups is 1. The number of amides is 1. The number of benzene rings is 1. The van der Waals surface area contributed by atoms with Gasteiger partial charge in [-0.2, -0.15) is 5.10 Å². The summed E-state index contributed by atoms with van der Waals surface area (Å²) in [5.41, 5.74) is 2.89. The van der Waals surface area contributed by atoms with Gasteiger partial charge >= 0.3 is 6.09 Å². The van der Waals surface area contributed by atoms with Gasteiger partial charge in [0.25, 0.3) is 0 Å². The van der Waals surface area contributed by atoms with E-state index in [0.717, 1.165) is 4.47 Å². The van der Waals surface area contributed by atoms with Gasteiger partial charge in [-0.15, -0.1) is 0 Å². The number of hydrazone groups is 1. The minimum absolute atomic E-state index is 0.111. The normalized spacial score (nSPS) is 12.2. The molecule has 0 unspecified atom stereocenters. The minimum atomic E-state index is -0.627.